The highest BCUT2D eigenvalue weighted by atomic mass is 16.5. The first kappa shape index (κ1) is 50.4. The molecule has 72 heavy (non-hydrogen) atoms. The minimum Gasteiger partial charge on any atom is -0.481 e. The lowest BCUT2D eigenvalue weighted by Gasteiger charge is -2.38. The number of hydrogen-bond acceptors (Lipinski definition) is 10. The number of rotatable bonds is 19. The zero-order valence-corrected chi connectivity index (χ0v) is 40.7. The standard InChI is InChI=1S/C56H59N7O9/c1-34(2)25-49(62-32-57-44-20-8-7-19-42(44)55(62)70)53(68)59-46(30-52(66)67)38-16-12-17-40(27-38)61-24-10-9-21-48(61)39-22-23-43-47(28-39)58-33-63(56(43)71)50(31-72-4)54(69)60-45(29-51(64)65)37-15-11-14-36(26-37)41-18-6-5-13-35(41)3/h5-8,11-20,22-23,26-28,32-34,45-46,48-50H,9-10,21,24-25,29-31H2,1-4H3,(H,59,68)(H,60,69)(H,64,65)(H,66,67)/t45-,46-,48?,49-,50+/m0/s1. The maximum atomic E-state index is 14.3. The van der Waals surface area contributed by atoms with Gasteiger partial charge in [0.15, 0.2) is 0 Å². The fourth-order valence-electron chi connectivity index (χ4n) is 9.84. The second-order valence-electron chi connectivity index (χ2n) is 18.9. The van der Waals surface area contributed by atoms with Gasteiger partial charge in [-0.2, -0.15) is 0 Å². The number of fused-ring (bicyclic) bond motifs is 2. The van der Waals surface area contributed by atoms with E-state index in [0.29, 0.717) is 40.5 Å². The summed E-state index contributed by atoms with van der Waals surface area (Å²) in [7, 11) is 1.42. The molecule has 2 amide bonds. The van der Waals surface area contributed by atoms with Gasteiger partial charge in [0.1, 0.15) is 12.1 Å². The third kappa shape index (κ3) is 11.3. The first-order chi connectivity index (χ1) is 34.7. The van der Waals surface area contributed by atoms with Crippen molar-refractivity contribution in [2.75, 3.05) is 25.2 Å². The highest BCUT2D eigenvalue weighted by Crippen LogP contribution is 2.37. The van der Waals surface area contributed by atoms with Crippen molar-refractivity contribution in [3.8, 4) is 11.1 Å². The first-order valence-corrected chi connectivity index (χ1v) is 24.2. The smallest absolute Gasteiger partial charge is 0.305 e. The quantitative estimate of drug-likeness (QED) is 0.0603. The number of benzene rings is 5. The molecule has 1 saturated heterocycles. The van der Waals surface area contributed by atoms with Crippen LogP contribution in [0, 0.1) is 12.8 Å². The molecule has 1 unspecified atom stereocenters. The maximum absolute atomic E-state index is 14.3. The lowest BCUT2D eigenvalue weighted by molar-refractivity contribution is -0.139. The highest BCUT2D eigenvalue weighted by molar-refractivity contribution is 5.84. The summed E-state index contributed by atoms with van der Waals surface area (Å²) in [6.07, 6.45) is 4.82. The number of methoxy groups -OCH3 is 1. The molecule has 0 saturated carbocycles. The largest absolute Gasteiger partial charge is 0.481 e. The minimum absolute atomic E-state index is 0.0199. The zero-order valence-electron chi connectivity index (χ0n) is 40.7. The number of carboxylic acids is 2. The van der Waals surface area contributed by atoms with Gasteiger partial charge >= 0.3 is 11.9 Å². The normalized spacial score (nSPS) is 15.5. The third-order valence-electron chi connectivity index (χ3n) is 13.4. The van der Waals surface area contributed by atoms with Gasteiger partial charge in [0.05, 0.1) is 72.0 Å². The number of anilines is 1. The Bertz CT molecular complexity index is 3260. The summed E-state index contributed by atoms with van der Waals surface area (Å²) >= 11 is 0. The van der Waals surface area contributed by atoms with Gasteiger partial charge < -0.3 is 30.5 Å². The molecule has 0 radical (unpaired) electrons. The van der Waals surface area contributed by atoms with Gasteiger partial charge in [0.2, 0.25) is 11.8 Å². The highest BCUT2D eigenvalue weighted by Gasteiger charge is 2.31. The van der Waals surface area contributed by atoms with Crippen LogP contribution in [0.4, 0.5) is 5.69 Å². The first-order valence-electron chi connectivity index (χ1n) is 24.2. The van der Waals surface area contributed by atoms with E-state index in [1.165, 1.54) is 28.9 Å². The monoisotopic (exact) mass is 973 g/mol. The van der Waals surface area contributed by atoms with Crippen LogP contribution >= 0.6 is 0 Å². The summed E-state index contributed by atoms with van der Waals surface area (Å²) < 4.78 is 7.99. The number of hydrogen-bond donors (Lipinski definition) is 4. The molecule has 0 bridgehead atoms. The maximum Gasteiger partial charge on any atom is 0.305 e. The molecule has 5 aromatic carbocycles. The lowest BCUT2D eigenvalue weighted by atomic mass is 9.93. The Hall–Kier alpha value is -7.98. The van der Waals surface area contributed by atoms with Crippen molar-refractivity contribution in [1.82, 2.24) is 29.7 Å². The number of amides is 2. The number of carbonyl (C=O) groups excluding carboxylic acids is 2. The summed E-state index contributed by atoms with van der Waals surface area (Å²) in [4.78, 5) is 92.2. The number of aryl methyl sites for hydroxylation is 1. The van der Waals surface area contributed by atoms with Gasteiger partial charge in [-0.15, -0.1) is 0 Å². The molecule has 16 nitrogen and oxygen atoms in total. The zero-order chi connectivity index (χ0) is 51.1. The van der Waals surface area contributed by atoms with E-state index in [-0.39, 0.29) is 29.5 Å². The van der Waals surface area contributed by atoms with E-state index in [4.69, 9.17) is 4.74 Å². The Balaban J connectivity index is 1.04. The molecule has 1 aliphatic heterocycles. The predicted molar refractivity (Wildman–Crippen MR) is 275 cm³/mol. The lowest BCUT2D eigenvalue weighted by Crippen LogP contribution is -2.41. The Morgan fingerprint density at radius 2 is 1.31 bits per heavy atom. The van der Waals surface area contributed by atoms with Crippen LogP contribution in [0.15, 0.2) is 138 Å². The second kappa shape index (κ2) is 22.4. The topological polar surface area (TPSA) is 215 Å². The third-order valence-corrected chi connectivity index (χ3v) is 13.4. The Kier molecular flexibility index (Phi) is 15.7. The Labute approximate surface area is 416 Å². The number of aliphatic carboxylic acids is 2. The second-order valence-corrected chi connectivity index (χ2v) is 18.9. The molecule has 0 aliphatic carbocycles. The van der Waals surface area contributed by atoms with Gasteiger partial charge in [-0.3, -0.25) is 37.9 Å². The number of piperidine rings is 1. The SMILES string of the molecule is COC[C@H](C(=O)N[C@@H](CC(=O)O)c1cccc(-c2ccccc2C)c1)n1cnc2cc(C3CCCCN3c3cccc([C@H](CC(=O)O)NC(=O)[C@H](CC(C)C)n4cnc5ccccc5c4=O)c3)ccc2c1=O. The number of carboxylic acid groups (broad SMARTS) is 2. The number of aromatic nitrogens is 4. The van der Waals surface area contributed by atoms with Crippen LogP contribution in [-0.2, 0) is 23.9 Å². The van der Waals surface area contributed by atoms with Gasteiger partial charge in [-0.1, -0.05) is 86.6 Å². The van der Waals surface area contributed by atoms with Crippen LogP contribution in [0.1, 0.15) is 105 Å². The van der Waals surface area contributed by atoms with E-state index in [1.54, 1.807) is 42.5 Å². The van der Waals surface area contributed by atoms with Crippen molar-refractivity contribution in [1.29, 1.82) is 0 Å². The summed E-state index contributed by atoms with van der Waals surface area (Å²) in [5, 5.41) is 26.5. The average molecular weight is 974 g/mol. The van der Waals surface area contributed by atoms with Crippen molar-refractivity contribution in [3.63, 3.8) is 0 Å². The molecule has 5 atom stereocenters. The molecule has 1 fully saturated rings. The molecule has 372 valence electrons. The molecule has 3 heterocycles. The fourth-order valence-corrected chi connectivity index (χ4v) is 9.84. The summed E-state index contributed by atoms with van der Waals surface area (Å²) in [5.41, 5.74) is 5.88. The molecule has 8 rings (SSSR count). The van der Waals surface area contributed by atoms with Crippen molar-refractivity contribution in [2.45, 2.75) is 89.5 Å². The van der Waals surface area contributed by atoms with Gasteiger partial charge in [0.25, 0.3) is 11.1 Å². The molecular formula is C56H59N7O9. The number of ether oxygens (including phenoxy) is 1. The Morgan fingerprint density at radius 1 is 0.694 bits per heavy atom. The van der Waals surface area contributed by atoms with Crippen molar-refractivity contribution < 1.29 is 34.1 Å². The van der Waals surface area contributed by atoms with E-state index < -0.39 is 66.3 Å². The van der Waals surface area contributed by atoms with E-state index in [0.717, 1.165) is 47.2 Å². The van der Waals surface area contributed by atoms with Crippen molar-refractivity contribution in [2.24, 2.45) is 5.92 Å². The fraction of sp³-hybridized carbons (Fsp3) is 0.321. The van der Waals surface area contributed by atoms with Crippen LogP contribution in [0.25, 0.3) is 32.9 Å². The molecule has 2 aromatic heterocycles. The molecule has 0 spiro atoms. The van der Waals surface area contributed by atoms with Crippen molar-refractivity contribution in [3.05, 3.63) is 171 Å². The number of carbonyl (C=O) groups is 4. The number of nitrogens with zero attached hydrogens (tertiary/aromatic N) is 5. The number of para-hydroxylation sites is 1. The average Bonchev–Trinajstić information content (AvgIpc) is 3.37. The van der Waals surface area contributed by atoms with Crippen molar-refractivity contribution >= 4 is 51.2 Å². The number of nitrogens with one attached hydrogen (secondary N) is 2. The summed E-state index contributed by atoms with van der Waals surface area (Å²) in [5.74, 6) is -3.29. The summed E-state index contributed by atoms with van der Waals surface area (Å²) in [6, 6.07) is 31.0. The molecular weight excluding hydrogens is 915 g/mol. The van der Waals surface area contributed by atoms with E-state index in [9.17, 15) is 39.0 Å². The van der Waals surface area contributed by atoms with E-state index >= 15 is 0 Å². The van der Waals surface area contributed by atoms with Gasteiger partial charge in [-0.05, 0) is 114 Å². The minimum atomic E-state index is -1.18. The van der Waals surface area contributed by atoms with Crippen LogP contribution in [0.3, 0.4) is 0 Å². The Morgan fingerprint density at radius 3 is 1.99 bits per heavy atom. The molecule has 16 heteroatoms. The summed E-state index contributed by atoms with van der Waals surface area (Å²) in [6.45, 7) is 6.38. The van der Waals surface area contributed by atoms with Crippen LogP contribution in [0.2, 0.25) is 0 Å². The molecule has 1 aliphatic rings. The molecule has 7 aromatic rings. The van der Waals surface area contributed by atoms with Crippen LogP contribution in [-0.4, -0.2) is 73.3 Å². The van der Waals surface area contributed by atoms with Gasteiger partial charge in [0, 0.05) is 19.3 Å². The van der Waals surface area contributed by atoms with E-state index in [2.05, 4.69) is 25.5 Å². The molecule has 4 N–H and O–H groups in total. The van der Waals surface area contributed by atoms with Crippen LogP contribution < -0.4 is 26.7 Å². The van der Waals surface area contributed by atoms with Gasteiger partial charge in [-0.25, -0.2) is 9.97 Å². The van der Waals surface area contributed by atoms with Crippen LogP contribution in [0.5, 0.6) is 0 Å². The van der Waals surface area contributed by atoms with E-state index in [1.807, 2.05) is 93.6 Å². The predicted octanol–water partition coefficient (Wildman–Crippen LogP) is 8.25.